The Balaban J connectivity index is 1.66. The van der Waals surface area contributed by atoms with Gasteiger partial charge in [0.1, 0.15) is 0 Å². The SMILES string of the molecule is C[C@@H](O)[C@H]1CC[C@H]2[C@@H]3CCC4=CC(=O)CC[C@]4(C)[C@H]3CC[C@@]12C. The molecule has 4 aliphatic rings. The zero-order valence-electron chi connectivity index (χ0n) is 15.0. The van der Waals surface area contributed by atoms with Gasteiger partial charge in [0, 0.05) is 6.42 Å². The molecular formula is C21H32O2. The lowest BCUT2D eigenvalue weighted by Gasteiger charge is -2.58. The van der Waals surface area contributed by atoms with Crippen molar-refractivity contribution in [2.75, 3.05) is 0 Å². The highest BCUT2D eigenvalue weighted by Gasteiger charge is 2.59. The molecule has 128 valence electrons. The van der Waals surface area contributed by atoms with Crippen LogP contribution in [0.2, 0.25) is 0 Å². The van der Waals surface area contributed by atoms with Crippen molar-refractivity contribution in [2.45, 2.75) is 78.2 Å². The third-order valence-electron chi connectivity index (χ3n) is 8.62. The van der Waals surface area contributed by atoms with Gasteiger partial charge in [-0.05, 0) is 92.4 Å². The fourth-order valence-corrected chi connectivity index (χ4v) is 7.39. The van der Waals surface area contributed by atoms with E-state index in [1.807, 2.05) is 13.0 Å². The van der Waals surface area contributed by atoms with Crippen LogP contribution in [0.5, 0.6) is 0 Å². The predicted molar refractivity (Wildman–Crippen MR) is 91.9 cm³/mol. The molecule has 0 heterocycles. The summed E-state index contributed by atoms with van der Waals surface area (Å²) in [7, 11) is 0. The van der Waals surface area contributed by atoms with E-state index in [2.05, 4.69) is 13.8 Å². The average molecular weight is 316 g/mol. The van der Waals surface area contributed by atoms with Gasteiger partial charge < -0.3 is 5.11 Å². The normalized spacial score (nSPS) is 50.6. The number of carbonyl (C=O) groups excluding carboxylic acids is 1. The third-order valence-corrected chi connectivity index (χ3v) is 8.62. The molecule has 3 saturated carbocycles. The molecule has 0 aromatic carbocycles. The lowest BCUT2D eigenvalue weighted by molar-refractivity contribution is -0.117. The minimum absolute atomic E-state index is 0.163. The molecule has 2 heteroatoms. The molecule has 0 saturated heterocycles. The summed E-state index contributed by atoms with van der Waals surface area (Å²) in [5, 5.41) is 10.3. The highest BCUT2D eigenvalue weighted by Crippen LogP contribution is 2.66. The maximum Gasteiger partial charge on any atom is 0.155 e. The van der Waals surface area contributed by atoms with Crippen molar-refractivity contribution in [3.63, 3.8) is 0 Å². The first-order valence-electron chi connectivity index (χ1n) is 9.78. The van der Waals surface area contributed by atoms with Crippen LogP contribution in [0.15, 0.2) is 11.6 Å². The van der Waals surface area contributed by atoms with Gasteiger partial charge in [0.05, 0.1) is 6.10 Å². The molecule has 0 amide bonds. The van der Waals surface area contributed by atoms with Gasteiger partial charge in [0.15, 0.2) is 5.78 Å². The van der Waals surface area contributed by atoms with Crippen molar-refractivity contribution >= 4 is 5.78 Å². The quantitative estimate of drug-likeness (QED) is 0.772. The molecule has 0 aromatic heterocycles. The van der Waals surface area contributed by atoms with Gasteiger partial charge in [-0.25, -0.2) is 0 Å². The maximum absolute atomic E-state index is 11.9. The molecule has 0 spiro atoms. The van der Waals surface area contributed by atoms with Crippen LogP contribution in [0.4, 0.5) is 0 Å². The molecule has 0 aromatic rings. The van der Waals surface area contributed by atoms with Crippen LogP contribution >= 0.6 is 0 Å². The van der Waals surface area contributed by atoms with E-state index in [-0.39, 0.29) is 11.5 Å². The van der Waals surface area contributed by atoms with Crippen LogP contribution in [-0.4, -0.2) is 17.0 Å². The Labute approximate surface area is 140 Å². The monoisotopic (exact) mass is 316 g/mol. The van der Waals surface area contributed by atoms with Gasteiger partial charge in [-0.1, -0.05) is 19.4 Å². The topological polar surface area (TPSA) is 37.3 Å². The van der Waals surface area contributed by atoms with Crippen LogP contribution in [0.25, 0.3) is 0 Å². The van der Waals surface area contributed by atoms with Crippen LogP contribution in [0.1, 0.15) is 72.1 Å². The van der Waals surface area contributed by atoms with E-state index in [0.29, 0.717) is 17.1 Å². The number of hydrogen-bond donors (Lipinski definition) is 1. The van der Waals surface area contributed by atoms with E-state index in [0.717, 1.165) is 37.0 Å². The Bertz CT molecular complexity index is 548. The summed E-state index contributed by atoms with van der Waals surface area (Å²) in [5.74, 6) is 3.21. The van der Waals surface area contributed by atoms with Gasteiger partial charge >= 0.3 is 0 Å². The molecule has 4 rings (SSSR count). The second-order valence-electron chi connectivity index (χ2n) is 9.44. The summed E-state index contributed by atoms with van der Waals surface area (Å²) in [6.07, 6.45) is 11.1. The van der Waals surface area contributed by atoms with Crippen molar-refractivity contribution in [3.05, 3.63) is 11.6 Å². The third kappa shape index (κ3) is 2.13. The Hall–Kier alpha value is -0.630. The van der Waals surface area contributed by atoms with E-state index in [9.17, 15) is 9.90 Å². The van der Waals surface area contributed by atoms with E-state index in [1.165, 1.54) is 37.7 Å². The first-order valence-corrected chi connectivity index (χ1v) is 9.78. The number of rotatable bonds is 1. The van der Waals surface area contributed by atoms with Gasteiger partial charge in [-0.2, -0.15) is 0 Å². The first-order chi connectivity index (χ1) is 10.9. The molecule has 0 bridgehead atoms. The summed E-state index contributed by atoms with van der Waals surface area (Å²) >= 11 is 0. The number of hydrogen-bond acceptors (Lipinski definition) is 2. The Kier molecular flexibility index (Phi) is 3.58. The van der Waals surface area contributed by atoms with E-state index in [4.69, 9.17) is 0 Å². The highest BCUT2D eigenvalue weighted by molar-refractivity contribution is 5.91. The smallest absolute Gasteiger partial charge is 0.155 e. The Morgan fingerprint density at radius 2 is 1.87 bits per heavy atom. The van der Waals surface area contributed by atoms with Crippen LogP contribution in [0, 0.1) is 34.5 Å². The second kappa shape index (κ2) is 5.18. The Morgan fingerprint density at radius 1 is 1.09 bits per heavy atom. The molecule has 1 N–H and O–H groups in total. The van der Waals surface area contributed by atoms with Crippen molar-refractivity contribution in [1.82, 2.24) is 0 Å². The van der Waals surface area contributed by atoms with E-state index in [1.54, 1.807) is 0 Å². The zero-order chi connectivity index (χ0) is 16.4. The van der Waals surface area contributed by atoms with Crippen molar-refractivity contribution in [1.29, 1.82) is 0 Å². The molecular weight excluding hydrogens is 284 g/mol. The fraction of sp³-hybridized carbons (Fsp3) is 0.857. The van der Waals surface area contributed by atoms with Gasteiger partial charge in [-0.15, -0.1) is 0 Å². The number of carbonyl (C=O) groups is 1. The largest absolute Gasteiger partial charge is 0.393 e. The lowest BCUT2D eigenvalue weighted by atomic mass is 9.46. The summed E-state index contributed by atoms with van der Waals surface area (Å²) in [4.78, 5) is 11.9. The zero-order valence-corrected chi connectivity index (χ0v) is 15.0. The number of allylic oxidation sites excluding steroid dienone is 1. The molecule has 23 heavy (non-hydrogen) atoms. The highest BCUT2D eigenvalue weighted by atomic mass is 16.3. The summed E-state index contributed by atoms with van der Waals surface area (Å²) in [6, 6.07) is 0. The molecule has 2 nitrogen and oxygen atoms in total. The van der Waals surface area contributed by atoms with Gasteiger partial charge in [-0.3, -0.25) is 4.79 Å². The first kappa shape index (κ1) is 15.9. The lowest BCUT2D eigenvalue weighted by Crippen LogP contribution is -2.51. The molecule has 0 unspecified atom stereocenters. The maximum atomic E-state index is 11.9. The predicted octanol–water partition coefficient (Wildman–Crippen LogP) is 4.52. The molecule has 0 aliphatic heterocycles. The van der Waals surface area contributed by atoms with Crippen LogP contribution in [-0.2, 0) is 4.79 Å². The average Bonchev–Trinajstić information content (AvgIpc) is 2.85. The van der Waals surface area contributed by atoms with Gasteiger partial charge in [0.2, 0.25) is 0 Å². The molecule has 7 atom stereocenters. The van der Waals surface area contributed by atoms with E-state index >= 15 is 0 Å². The summed E-state index contributed by atoms with van der Waals surface area (Å²) in [6.45, 7) is 6.92. The van der Waals surface area contributed by atoms with Crippen molar-refractivity contribution < 1.29 is 9.90 Å². The summed E-state index contributed by atoms with van der Waals surface area (Å²) < 4.78 is 0. The minimum atomic E-state index is -0.163. The molecule has 0 radical (unpaired) electrons. The summed E-state index contributed by atoms with van der Waals surface area (Å²) in [5.41, 5.74) is 2.09. The van der Waals surface area contributed by atoms with Gasteiger partial charge in [0.25, 0.3) is 0 Å². The molecule has 4 aliphatic carbocycles. The van der Waals surface area contributed by atoms with Crippen molar-refractivity contribution in [3.8, 4) is 0 Å². The number of ketones is 1. The minimum Gasteiger partial charge on any atom is -0.393 e. The van der Waals surface area contributed by atoms with Crippen LogP contribution in [0.3, 0.4) is 0 Å². The Morgan fingerprint density at radius 3 is 2.61 bits per heavy atom. The van der Waals surface area contributed by atoms with Crippen molar-refractivity contribution in [2.24, 2.45) is 34.5 Å². The van der Waals surface area contributed by atoms with Crippen LogP contribution < -0.4 is 0 Å². The number of aliphatic hydroxyl groups is 1. The standard InChI is InChI=1S/C21H32O2/c1-13(22)17-6-7-18-16-5-4-14-12-15(23)8-10-20(14,2)19(16)9-11-21(17,18)3/h12-13,16-19,22H,4-11H2,1-3H3/t13-,16+,17-,18+,19+,20+,21+/m1/s1. The number of fused-ring (bicyclic) bond motifs is 5. The number of aliphatic hydroxyl groups excluding tert-OH is 1. The fourth-order valence-electron chi connectivity index (χ4n) is 7.39. The molecule has 3 fully saturated rings. The second-order valence-corrected chi connectivity index (χ2v) is 9.44. The van der Waals surface area contributed by atoms with E-state index < -0.39 is 0 Å².